The quantitative estimate of drug-likeness (QED) is 0.398. The maximum Gasteiger partial charge on any atom is 0.453 e. The minimum absolute atomic E-state index is 0.137. The number of aliphatic hydroxyl groups excluding tert-OH is 1. The molecule has 0 saturated heterocycles. The molecule has 0 aliphatic rings. The zero-order valence-corrected chi connectivity index (χ0v) is 11.1. The molecule has 0 rings (SSSR count). The first-order valence-corrected chi connectivity index (χ1v) is 9.27. The summed E-state index contributed by atoms with van der Waals surface area (Å²) in [6.45, 7) is 8.72. The van der Waals surface area contributed by atoms with Gasteiger partial charge in [0.25, 0.3) is 0 Å². The molecule has 15 heavy (non-hydrogen) atoms. The standard InChI is InChI=1S/C9H24BNO3Si/c1-15(2,3)9-4-10(13)14-8-6-11-5-7-12/h11-13H,4-9H2,1-3H3. The van der Waals surface area contributed by atoms with E-state index < -0.39 is 15.2 Å². The van der Waals surface area contributed by atoms with Crippen molar-refractivity contribution in [3.8, 4) is 0 Å². The Kier molecular flexibility index (Phi) is 8.36. The molecule has 90 valence electrons. The predicted octanol–water partition coefficient (Wildman–Crippen LogP) is 0.404. The summed E-state index contributed by atoms with van der Waals surface area (Å²) in [7, 11) is -1.70. The van der Waals surface area contributed by atoms with Gasteiger partial charge in [-0.3, -0.25) is 0 Å². The highest BCUT2D eigenvalue weighted by Crippen LogP contribution is 2.12. The predicted molar refractivity (Wildman–Crippen MR) is 66.8 cm³/mol. The fourth-order valence-corrected chi connectivity index (χ4v) is 2.22. The van der Waals surface area contributed by atoms with Gasteiger partial charge in [-0.15, -0.1) is 0 Å². The summed E-state index contributed by atoms with van der Waals surface area (Å²) in [5, 5.41) is 21.0. The molecule has 0 aliphatic heterocycles. The molecule has 0 bridgehead atoms. The van der Waals surface area contributed by atoms with Crippen LogP contribution in [0.3, 0.4) is 0 Å². The van der Waals surface area contributed by atoms with Gasteiger partial charge < -0.3 is 20.1 Å². The van der Waals surface area contributed by atoms with E-state index in [-0.39, 0.29) is 6.61 Å². The Labute approximate surface area is 94.2 Å². The molecular formula is C9H24BNO3Si. The van der Waals surface area contributed by atoms with Crippen molar-refractivity contribution in [2.45, 2.75) is 32.0 Å². The van der Waals surface area contributed by atoms with Crippen molar-refractivity contribution in [1.29, 1.82) is 0 Å². The Morgan fingerprint density at radius 2 is 1.93 bits per heavy atom. The number of nitrogens with one attached hydrogen (secondary N) is 1. The van der Waals surface area contributed by atoms with Crippen LogP contribution < -0.4 is 5.32 Å². The SMILES string of the molecule is C[Si](C)(C)CCB(O)OCCNCCO. The van der Waals surface area contributed by atoms with Crippen molar-refractivity contribution in [3.05, 3.63) is 0 Å². The van der Waals surface area contributed by atoms with Gasteiger partial charge in [0.05, 0.1) is 6.61 Å². The summed E-state index contributed by atoms with van der Waals surface area (Å²) in [5.74, 6) is 0. The van der Waals surface area contributed by atoms with E-state index in [0.29, 0.717) is 19.7 Å². The molecule has 0 atom stereocenters. The molecular weight excluding hydrogens is 209 g/mol. The molecule has 0 spiro atoms. The monoisotopic (exact) mass is 233 g/mol. The van der Waals surface area contributed by atoms with Crippen molar-refractivity contribution in [2.75, 3.05) is 26.3 Å². The number of rotatable bonds is 9. The van der Waals surface area contributed by atoms with Gasteiger partial charge in [-0.25, -0.2) is 0 Å². The lowest BCUT2D eigenvalue weighted by atomic mass is 9.87. The van der Waals surface area contributed by atoms with Gasteiger partial charge in [-0.05, 0) is 6.32 Å². The fraction of sp³-hybridized carbons (Fsp3) is 1.00. The van der Waals surface area contributed by atoms with Crippen LogP contribution >= 0.6 is 0 Å². The van der Waals surface area contributed by atoms with E-state index in [1.165, 1.54) is 0 Å². The maximum atomic E-state index is 9.49. The Bertz CT molecular complexity index is 155. The molecule has 0 fully saturated rings. The second-order valence-corrected chi connectivity index (χ2v) is 10.5. The lowest BCUT2D eigenvalue weighted by molar-refractivity contribution is 0.248. The molecule has 4 nitrogen and oxygen atoms in total. The lowest BCUT2D eigenvalue weighted by Crippen LogP contribution is -2.29. The highest BCUT2D eigenvalue weighted by molar-refractivity contribution is 6.76. The average molecular weight is 233 g/mol. The van der Waals surface area contributed by atoms with E-state index in [4.69, 9.17) is 9.76 Å². The Morgan fingerprint density at radius 1 is 1.27 bits per heavy atom. The third-order valence-corrected chi connectivity index (χ3v) is 3.81. The topological polar surface area (TPSA) is 61.7 Å². The molecule has 0 amide bonds. The van der Waals surface area contributed by atoms with Crippen LogP contribution in [-0.2, 0) is 4.65 Å². The van der Waals surface area contributed by atoms with Gasteiger partial charge in [0.2, 0.25) is 0 Å². The largest absolute Gasteiger partial charge is 0.453 e. The Hall–Kier alpha value is 0.122. The first kappa shape index (κ1) is 15.1. The van der Waals surface area contributed by atoms with Crippen molar-refractivity contribution in [2.24, 2.45) is 0 Å². The van der Waals surface area contributed by atoms with E-state index >= 15 is 0 Å². The highest BCUT2D eigenvalue weighted by Gasteiger charge is 2.19. The third kappa shape index (κ3) is 12.1. The summed E-state index contributed by atoms with van der Waals surface area (Å²) < 4.78 is 5.22. The number of aliphatic hydroxyl groups is 1. The summed E-state index contributed by atoms with van der Waals surface area (Å²) in [5.41, 5.74) is 0. The molecule has 3 N–H and O–H groups in total. The van der Waals surface area contributed by atoms with Crippen molar-refractivity contribution in [1.82, 2.24) is 5.32 Å². The van der Waals surface area contributed by atoms with Crippen LogP contribution in [-0.4, -0.2) is 51.6 Å². The van der Waals surface area contributed by atoms with E-state index in [2.05, 4.69) is 25.0 Å². The molecule has 0 aromatic rings. The van der Waals surface area contributed by atoms with E-state index in [9.17, 15) is 5.02 Å². The molecule has 0 aromatic carbocycles. The molecule has 0 heterocycles. The number of hydrogen-bond acceptors (Lipinski definition) is 4. The minimum atomic E-state index is -1.07. The average Bonchev–Trinajstić information content (AvgIpc) is 2.13. The van der Waals surface area contributed by atoms with Gasteiger partial charge in [0.15, 0.2) is 0 Å². The second-order valence-electron chi connectivity index (χ2n) is 4.90. The van der Waals surface area contributed by atoms with E-state index in [1.807, 2.05) is 0 Å². The Balaban J connectivity index is 3.30. The van der Waals surface area contributed by atoms with Gasteiger partial charge in [0.1, 0.15) is 0 Å². The smallest absolute Gasteiger partial charge is 0.427 e. The van der Waals surface area contributed by atoms with Crippen molar-refractivity contribution < 1.29 is 14.8 Å². The van der Waals surface area contributed by atoms with E-state index in [1.54, 1.807) is 0 Å². The highest BCUT2D eigenvalue weighted by atomic mass is 28.3. The minimum Gasteiger partial charge on any atom is -0.427 e. The van der Waals surface area contributed by atoms with Gasteiger partial charge in [-0.2, -0.15) is 0 Å². The van der Waals surface area contributed by atoms with Gasteiger partial charge in [-0.1, -0.05) is 25.7 Å². The molecule has 0 unspecified atom stereocenters. The summed E-state index contributed by atoms with van der Waals surface area (Å²) in [6.07, 6.45) is 0.732. The first-order chi connectivity index (χ1) is 6.95. The van der Waals surface area contributed by atoms with Crippen LogP contribution in [0.25, 0.3) is 0 Å². The molecule has 6 heteroatoms. The maximum absolute atomic E-state index is 9.49. The third-order valence-electron chi connectivity index (χ3n) is 2.02. The van der Waals surface area contributed by atoms with Crippen LogP contribution in [0.1, 0.15) is 0 Å². The van der Waals surface area contributed by atoms with Crippen molar-refractivity contribution >= 4 is 15.2 Å². The molecule has 0 saturated carbocycles. The molecule has 0 aliphatic carbocycles. The van der Waals surface area contributed by atoms with Crippen LogP contribution in [0.4, 0.5) is 0 Å². The normalized spacial score (nSPS) is 11.8. The fourth-order valence-electron chi connectivity index (χ4n) is 1.11. The summed E-state index contributed by atoms with van der Waals surface area (Å²) in [6, 6.07) is 1.08. The van der Waals surface area contributed by atoms with Crippen LogP contribution in [0.5, 0.6) is 0 Å². The first-order valence-electron chi connectivity index (χ1n) is 5.57. The zero-order chi connectivity index (χ0) is 11.7. The zero-order valence-electron chi connectivity index (χ0n) is 10.1. The molecule has 0 aromatic heterocycles. The second kappa shape index (κ2) is 8.29. The number of hydrogen-bond donors (Lipinski definition) is 3. The van der Waals surface area contributed by atoms with Crippen LogP contribution in [0, 0.1) is 0 Å². The van der Waals surface area contributed by atoms with Crippen LogP contribution in [0.2, 0.25) is 32.0 Å². The summed E-state index contributed by atoms with van der Waals surface area (Å²) in [4.78, 5) is 0. The van der Waals surface area contributed by atoms with Gasteiger partial charge in [0, 0.05) is 27.8 Å². The summed E-state index contributed by atoms with van der Waals surface area (Å²) >= 11 is 0. The molecule has 0 radical (unpaired) electrons. The Morgan fingerprint density at radius 3 is 2.47 bits per heavy atom. The lowest BCUT2D eigenvalue weighted by Gasteiger charge is -2.16. The van der Waals surface area contributed by atoms with Gasteiger partial charge >= 0.3 is 7.12 Å². The van der Waals surface area contributed by atoms with E-state index in [0.717, 1.165) is 12.4 Å². The van der Waals surface area contributed by atoms with Crippen LogP contribution in [0.15, 0.2) is 0 Å². The van der Waals surface area contributed by atoms with Crippen molar-refractivity contribution in [3.63, 3.8) is 0 Å².